The van der Waals surface area contributed by atoms with Crippen LogP contribution in [0, 0.1) is 17.2 Å². The number of nitrogens with two attached hydrogens (primary N) is 1. The number of nitriles is 1. The molecule has 0 aromatic heterocycles. The van der Waals surface area contributed by atoms with E-state index in [2.05, 4.69) is 24.8 Å². The molecular formula is C13H25N3. The third-order valence-corrected chi connectivity index (χ3v) is 3.72. The first-order chi connectivity index (χ1) is 7.48. The van der Waals surface area contributed by atoms with Crippen molar-refractivity contribution in [2.45, 2.75) is 58.0 Å². The van der Waals surface area contributed by atoms with Gasteiger partial charge < -0.3 is 10.6 Å². The van der Waals surface area contributed by atoms with Crippen LogP contribution in [-0.2, 0) is 0 Å². The minimum atomic E-state index is -0.688. The van der Waals surface area contributed by atoms with Crippen molar-refractivity contribution in [2.75, 3.05) is 13.1 Å². The van der Waals surface area contributed by atoms with Crippen molar-refractivity contribution in [3.63, 3.8) is 0 Å². The Hall–Kier alpha value is -0.590. The molecule has 2 N–H and O–H groups in total. The lowest BCUT2D eigenvalue weighted by molar-refractivity contribution is 0.133. The van der Waals surface area contributed by atoms with E-state index in [0.717, 1.165) is 18.9 Å². The first-order valence-electron chi connectivity index (χ1n) is 6.42. The van der Waals surface area contributed by atoms with Crippen molar-refractivity contribution >= 4 is 0 Å². The van der Waals surface area contributed by atoms with E-state index in [-0.39, 0.29) is 0 Å². The van der Waals surface area contributed by atoms with Crippen LogP contribution in [0.2, 0.25) is 0 Å². The van der Waals surface area contributed by atoms with Crippen LogP contribution in [0.1, 0.15) is 46.5 Å². The summed E-state index contributed by atoms with van der Waals surface area (Å²) in [5.74, 6) is 0.883. The molecule has 92 valence electrons. The molecule has 0 aliphatic heterocycles. The molecule has 0 spiro atoms. The number of hydrogen-bond acceptors (Lipinski definition) is 3. The predicted molar refractivity (Wildman–Crippen MR) is 66.9 cm³/mol. The number of hydrogen-bond donors (Lipinski definition) is 1. The highest BCUT2D eigenvalue weighted by Gasteiger charge is 2.27. The lowest BCUT2D eigenvalue weighted by Gasteiger charge is -2.36. The summed E-state index contributed by atoms with van der Waals surface area (Å²) in [7, 11) is 0. The van der Waals surface area contributed by atoms with Crippen molar-refractivity contribution < 1.29 is 0 Å². The van der Waals surface area contributed by atoms with Gasteiger partial charge in [0.15, 0.2) is 0 Å². The molecule has 1 aliphatic rings. The molecule has 1 aliphatic carbocycles. The lowest BCUT2D eigenvalue weighted by Crippen LogP contribution is -2.45. The summed E-state index contributed by atoms with van der Waals surface area (Å²) in [6.45, 7) is 8.43. The fourth-order valence-corrected chi connectivity index (χ4v) is 2.42. The van der Waals surface area contributed by atoms with E-state index in [0.29, 0.717) is 6.04 Å². The van der Waals surface area contributed by atoms with Gasteiger partial charge in [-0.25, -0.2) is 0 Å². The maximum absolute atomic E-state index is 8.94. The molecule has 3 heteroatoms. The lowest BCUT2D eigenvalue weighted by atomic mass is 9.84. The fourth-order valence-electron chi connectivity index (χ4n) is 2.42. The Morgan fingerprint density at radius 2 is 2.19 bits per heavy atom. The molecule has 1 saturated carbocycles. The smallest absolute Gasteiger partial charge is 0.102 e. The quantitative estimate of drug-likeness (QED) is 0.750. The molecule has 1 rings (SSSR count). The van der Waals surface area contributed by atoms with Crippen molar-refractivity contribution in [3.05, 3.63) is 0 Å². The largest absolute Gasteiger partial charge is 0.314 e. The van der Waals surface area contributed by atoms with Gasteiger partial charge >= 0.3 is 0 Å². The average molecular weight is 223 g/mol. The molecule has 0 radical (unpaired) electrons. The summed E-state index contributed by atoms with van der Waals surface area (Å²) in [5.41, 5.74) is 5.21. The van der Waals surface area contributed by atoms with E-state index in [4.69, 9.17) is 11.0 Å². The second kappa shape index (κ2) is 5.65. The van der Waals surface area contributed by atoms with E-state index in [1.807, 2.05) is 6.92 Å². The van der Waals surface area contributed by atoms with Crippen molar-refractivity contribution in [3.8, 4) is 6.07 Å². The number of rotatable bonds is 6. The average Bonchev–Trinajstić information content (AvgIpc) is 2.15. The van der Waals surface area contributed by atoms with Crippen LogP contribution in [0.5, 0.6) is 0 Å². The van der Waals surface area contributed by atoms with Crippen molar-refractivity contribution in [2.24, 2.45) is 11.7 Å². The van der Waals surface area contributed by atoms with Gasteiger partial charge in [0.2, 0.25) is 0 Å². The van der Waals surface area contributed by atoms with Gasteiger partial charge in [0.1, 0.15) is 5.54 Å². The molecule has 0 saturated heterocycles. The summed E-state index contributed by atoms with van der Waals surface area (Å²) >= 11 is 0. The molecule has 16 heavy (non-hydrogen) atoms. The molecule has 1 fully saturated rings. The zero-order chi connectivity index (χ0) is 12.2. The van der Waals surface area contributed by atoms with Gasteiger partial charge in [-0.3, -0.25) is 0 Å². The van der Waals surface area contributed by atoms with E-state index in [9.17, 15) is 0 Å². The first-order valence-corrected chi connectivity index (χ1v) is 6.42. The van der Waals surface area contributed by atoms with E-state index in [1.54, 1.807) is 0 Å². The van der Waals surface area contributed by atoms with Gasteiger partial charge in [-0.2, -0.15) is 5.26 Å². The molecule has 0 aromatic carbocycles. The molecule has 0 aromatic rings. The fraction of sp³-hybridized carbons (Fsp3) is 0.923. The highest BCUT2D eigenvalue weighted by molar-refractivity contribution is 5.02. The van der Waals surface area contributed by atoms with Crippen molar-refractivity contribution in [1.29, 1.82) is 5.26 Å². The minimum Gasteiger partial charge on any atom is -0.314 e. The van der Waals surface area contributed by atoms with Crippen LogP contribution < -0.4 is 5.73 Å². The molecule has 2 unspecified atom stereocenters. The standard InChI is InChI=1S/C13H25N3/c1-4-16(9-12-6-5-7-12)11(2)8-13(3,15)10-14/h11-12H,4-9,15H2,1-3H3. The molecule has 0 bridgehead atoms. The third-order valence-electron chi connectivity index (χ3n) is 3.72. The van der Waals surface area contributed by atoms with Crippen LogP contribution in [0.15, 0.2) is 0 Å². The van der Waals surface area contributed by atoms with E-state index in [1.165, 1.54) is 25.8 Å². The van der Waals surface area contributed by atoms with Gasteiger partial charge in [0, 0.05) is 12.6 Å². The van der Waals surface area contributed by atoms with Gasteiger partial charge in [-0.05, 0) is 45.6 Å². The summed E-state index contributed by atoms with van der Waals surface area (Å²) in [6, 6.07) is 2.59. The minimum absolute atomic E-state index is 0.403. The van der Waals surface area contributed by atoms with E-state index < -0.39 is 5.54 Å². The monoisotopic (exact) mass is 223 g/mol. The second-order valence-corrected chi connectivity index (χ2v) is 5.47. The van der Waals surface area contributed by atoms with Crippen molar-refractivity contribution in [1.82, 2.24) is 4.90 Å². The Labute approximate surface area is 99.6 Å². The molecular weight excluding hydrogens is 198 g/mol. The number of nitrogens with zero attached hydrogens (tertiary/aromatic N) is 2. The molecule has 0 amide bonds. The van der Waals surface area contributed by atoms with Crippen LogP contribution in [-0.4, -0.2) is 29.6 Å². The SMILES string of the molecule is CCN(CC1CCC1)C(C)CC(C)(N)C#N. The maximum atomic E-state index is 8.94. The van der Waals surface area contributed by atoms with Gasteiger partial charge in [0.05, 0.1) is 6.07 Å². The predicted octanol–water partition coefficient (Wildman–Crippen LogP) is 2.13. The van der Waals surface area contributed by atoms with Crippen LogP contribution >= 0.6 is 0 Å². The third kappa shape index (κ3) is 3.77. The Kier molecular flexibility index (Phi) is 4.76. The zero-order valence-corrected chi connectivity index (χ0v) is 10.9. The van der Waals surface area contributed by atoms with Crippen LogP contribution in [0.4, 0.5) is 0 Å². The molecule has 3 nitrogen and oxygen atoms in total. The topological polar surface area (TPSA) is 53.0 Å². The summed E-state index contributed by atoms with van der Waals surface area (Å²) in [6.07, 6.45) is 4.90. The maximum Gasteiger partial charge on any atom is 0.102 e. The highest BCUT2D eigenvalue weighted by Crippen LogP contribution is 2.28. The molecule has 2 atom stereocenters. The van der Waals surface area contributed by atoms with Crippen LogP contribution in [0.3, 0.4) is 0 Å². The Bertz CT molecular complexity index is 250. The summed E-state index contributed by atoms with van der Waals surface area (Å²) < 4.78 is 0. The normalized spacial score (nSPS) is 22.2. The second-order valence-electron chi connectivity index (χ2n) is 5.47. The summed E-state index contributed by atoms with van der Waals surface area (Å²) in [5, 5.41) is 8.94. The van der Waals surface area contributed by atoms with Gasteiger partial charge in [-0.1, -0.05) is 13.3 Å². The van der Waals surface area contributed by atoms with Crippen LogP contribution in [0.25, 0.3) is 0 Å². The molecule has 0 heterocycles. The Morgan fingerprint density at radius 1 is 1.56 bits per heavy atom. The Balaban J connectivity index is 2.42. The summed E-state index contributed by atoms with van der Waals surface area (Å²) in [4.78, 5) is 2.46. The van der Waals surface area contributed by atoms with Gasteiger partial charge in [-0.15, -0.1) is 0 Å². The first kappa shape index (κ1) is 13.5. The highest BCUT2D eigenvalue weighted by atomic mass is 15.1. The Morgan fingerprint density at radius 3 is 2.56 bits per heavy atom. The zero-order valence-electron chi connectivity index (χ0n) is 10.9. The van der Waals surface area contributed by atoms with Gasteiger partial charge in [0.25, 0.3) is 0 Å². The van der Waals surface area contributed by atoms with E-state index >= 15 is 0 Å².